The molecule has 0 saturated carbocycles. The highest BCUT2D eigenvalue weighted by molar-refractivity contribution is 6.33. The van der Waals surface area contributed by atoms with Crippen molar-refractivity contribution in [3.8, 4) is 11.8 Å². The molecule has 0 fully saturated rings. The quantitative estimate of drug-likeness (QED) is 0.614. The highest BCUT2D eigenvalue weighted by Crippen LogP contribution is 2.33. The average molecular weight is 326 g/mol. The number of nitro benzene ring substituents is 1. The number of nitrogens with zero attached hydrogens (tertiary/aromatic N) is 3. The standard InChI is InChI=1S/C14H16ClN3O4/c1-7(2)21-13-14(22-8(3)4)17-11-6-12(18(19)20)9(15)5-10(11)16-13/h5-8H,1-4H3. The van der Waals surface area contributed by atoms with Crippen molar-refractivity contribution in [2.45, 2.75) is 39.9 Å². The number of hydrogen-bond acceptors (Lipinski definition) is 6. The van der Waals surface area contributed by atoms with Gasteiger partial charge in [0.25, 0.3) is 17.4 Å². The van der Waals surface area contributed by atoms with Gasteiger partial charge in [0.1, 0.15) is 5.02 Å². The minimum atomic E-state index is -0.565. The van der Waals surface area contributed by atoms with Crippen LogP contribution in [0.5, 0.6) is 11.8 Å². The fourth-order valence-electron chi connectivity index (χ4n) is 1.77. The first kappa shape index (κ1) is 16.2. The summed E-state index contributed by atoms with van der Waals surface area (Å²) in [5, 5.41) is 11.0. The lowest BCUT2D eigenvalue weighted by Crippen LogP contribution is -2.13. The van der Waals surface area contributed by atoms with Gasteiger partial charge in [-0.15, -0.1) is 0 Å². The molecule has 0 aliphatic carbocycles. The Morgan fingerprint density at radius 3 is 1.91 bits per heavy atom. The lowest BCUT2D eigenvalue weighted by molar-refractivity contribution is -0.384. The first-order valence-corrected chi connectivity index (χ1v) is 7.14. The van der Waals surface area contributed by atoms with Gasteiger partial charge >= 0.3 is 0 Å². The van der Waals surface area contributed by atoms with Gasteiger partial charge in [-0.2, -0.15) is 0 Å². The van der Waals surface area contributed by atoms with Gasteiger partial charge in [-0.05, 0) is 33.8 Å². The number of hydrogen-bond donors (Lipinski definition) is 0. The Morgan fingerprint density at radius 1 is 1.05 bits per heavy atom. The number of rotatable bonds is 5. The van der Waals surface area contributed by atoms with E-state index in [2.05, 4.69) is 9.97 Å². The first-order chi connectivity index (χ1) is 10.3. The van der Waals surface area contributed by atoms with Crippen LogP contribution in [-0.4, -0.2) is 27.1 Å². The lowest BCUT2D eigenvalue weighted by Gasteiger charge is -2.15. The zero-order valence-electron chi connectivity index (χ0n) is 12.7. The highest BCUT2D eigenvalue weighted by atomic mass is 35.5. The maximum atomic E-state index is 11.0. The number of halogens is 1. The Hall–Kier alpha value is -2.15. The predicted octanol–water partition coefficient (Wildman–Crippen LogP) is 3.77. The molecular formula is C14H16ClN3O4. The van der Waals surface area contributed by atoms with Crippen molar-refractivity contribution in [3.63, 3.8) is 0 Å². The number of benzene rings is 1. The first-order valence-electron chi connectivity index (χ1n) is 6.77. The topological polar surface area (TPSA) is 87.4 Å². The number of fused-ring (bicyclic) bond motifs is 1. The number of aromatic nitrogens is 2. The van der Waals surface area contributed by atoms with E-state index in [1.165, 1.54) is 12.1 Å². The second-order valence-electron chi connectivity index (χ2n) is 5.22. The molecule has 0 N–H and O–H groups in total. The molecule has 0 atom stereocenters. The molecule has 22 heavy (non-hydrogen) atoms. The van der Waals surface area contributed by atoms with Gasteiger partial charge in [-0.25, -0.2) is 9.97 Å². The molecule has 1 aromatic heterocycles. The maximum absolute atomic E-state index is 11.0. The minimum absolute atomic E-state index is 0.000162. The van der Waals surface area contributed by atoms with Crippen LogP contribution >= 0.6 is 11.6 Å². The molecule has 0 aliphatic heterocycles. The zero-order chi connectivity index (χ0) is 16.4. The van der Waals surface area contributed by atoms with Crippen LogP contribution in [-0.2, 0) is 0 Å². The molecule has 0 saturated heterocycles. The second kappa shape index (κ2) is 6.31. The summed E-state index contributed by atoms with van der Waals surface area (Å²) >= 11 is 5.90. The van der Waals surface area contributed by atoms with Crippen molar-refractivity contribution in [2.24, 2.45) is 0 Å². The van der Waals surface area contributed by atoms with E-state index >= 15 is 0 Å². The zero-order valence-corrected chi connectivity index (χ0v) is 13.4. The highest BCUT2D eigenvalue weighted by Gasteiger charge is 2.19. The van der Waals surface area contributed by atoms with E-state index in [4.69, 9.17) is 21.1 Å². The van der Waals surface area contributed by atoms with Gasteiger partial charge in [0.05, 0.1) is 28.2 Å². The summed E-state index contributed by atoms with van der Waals surface area (Å²) in [5.74, 6) is 0.439. The fraction of sp³-hybridized carbons (Fsp3) is 0.429. The van der Waals surface area contributed by atoms with E-state index in [1.54, 1.807) is 0 Å². The molecule has 2 aromatic rings. The summed E-state index contributed by atoms with van der Waals surface area (Å²) in [6, 6.07) is 2.67. The number of nitro groups is 1. The molecule has 2 rings (SSSR count). The lowest BCUT2D eigenvalue weighted by atomic mass is 10.2. The Kier molecular flexibility index (Phi) is 4.65. The predicted molar refractivity (Wildman–Crippen MR) is 82.7 cm³/mol. The van der Waals surface area contributed by atoms with E-state index < -0.39 is 4.92 Å². The Labute approximate surface area is 132 Å². The smallest absolute Gasteiger partial charge is 0.290 e. The van der Waals surface area contributed by atoms with Crippen LogP contribution in [0.1, 0.15) is 27.7 Å². The molecule has 0 unspecified atom stereocenters. The van der Waals surface area contributed by atoms with Gasteiger partial charge in [0.15, 0.2) is 0 Å². The Bertz CT molecular complexity index is 719. The van der Waals surface area contributed by atoms with Gasteiger partial charge in [-0.1, -0.05) is 11.6 Å². The normalized spacial score (nSPS) is 11.2. The van der Waals surface area contributed by atoms with Crippen molar-refractivity contribution in [1.29, 1.82) is 0 Å². The molecule has 0 bridgehead atoms. The van der Waals surface area contributed by atoms with Gasteiger partial charge in [0.2, 0.25) is 0 Å². The van der Waals surface area contributed by atoms with Crippen molar-refractivity contribution in [2.75, 3.05) is 0 Å². The van der Waals surface area contributed by atoms with E-state index in [0.29, 0.717) is 11.0 Å². The molecule has 8 heteroatoms. The van der Waals surface area contributed by atoms with Crippen molar-refractivity contribution in [1.82, 2.24) is 9.97 Å². The largest absolute Gasteiger partial charge is 0.471 e. The molecule has 0 radical (unpaired) electrons. The Balaban J connectivity index is 2.62. The van der Waals surface area contributed by atoms with Crippen molar-refractivity contribution < 1.29 is 14.4 Å². The molecule has 0 spiro atoms. The van der Waals surface area contributed by atoms with E-state index in [0.717, 1.165) is 0 Å². The van der Waals surface area contributed by atoms with Crippen molar-refractivity contribution in [3.05, 3.63) is 27.3 Å². The average Bonchev–Trinajstić information content (AvgIpc) is 2.37. The Morgan fingerprint density at radius 2 is 1.50 bits per heavy atom. The second-order valence-corrected chi connectivity index (χ2v) is 5.62. The summed E-state index contributed by atoms with van der Waals surface area (Å²) in [7, 11) is 0. The molecule has 118 valence electrons. The fourth-order valence-corrected chi connectivity index (χ4v) is 2.00. The monoisotopic (exact) mass is 325 g/mol. The third kappa shape index (κ3) is 3.54. The van der Waals surface area contributed by atoms with E-state index in [1.807, 2.05) is 27.7 Å². The molecule has 0 aliphatic rings. The van der Waals surface area contributed by atoms with E-state index in [9.17, 15) is 10.1 Å². The molecule has 0 amide bonds. The number of ether oxygens (including phenoxy) is 2. The minimum Gasteiger partial charge on any atom is -0.471 e. The molecular weight excluding hydrogens is 310 g/mol. The van der Waals surface area contributed by atoms with Crippen LogP contribution in [0.15, 0.2) is 12.1 Å². The van der Waals surface area contributed by atoms with Crippen LogP contribution < -0.4 is 9.47 Å². The summed E-state index contributed by atoms with van der Waals surface area (Å²) in [6.07, 6.45) is -0.252. The van der Waals surface area contributed by atoms with Gasteiger partial charge in [-0.3, -0.25) is 10.1 Å². The maximum Gasteiger partial charge on any atom is 0.290 e. The summed E-state index contributed by atoms with van der Waals surface area (Å²) in [5.41, 5.74) is 0.502. The molecule has 1 heterocycles. The summed E-state index contributed by atoms with van der Waals surface area (Å²) in [6.45, 7) is 7.40. The van der Waals surface area contributed by atoms with Gasteiger partial charge < -0.3 is 9.47 Å². The van der Waals surface area contributed by atoms with Crippen molar-refractivity contribution >= 4 is 28.3 Å². The van der Waals surface area contributed by atoms with Gasteiger partial charge in [0, 0.05) is 6.07 Å². The van der Waals surface area contributed by atoms with Crippen LogP contribution in [0, 0.1) is 10.1 Å². The molecule has 1 aromatic carbocycles. The van der Waals surface area contributed by atoms with Crippen LogP contribution in [0.2, 0.25) is 5.02 Å². The van der Waals surface area contributed by atoms with E-state index in [-0.39, 0.29) is 34.7 Å². The summed E-state index contributed by atoms with van der Waals surface area (Å²) < 4.78 is 11.2. The van der Waals surface area contributed by atoms with Crippen LogP contribution in [0.4, 0.5) is 5.69 Å². The third-order valence-electron chi connectivity index (χ3n) is 2.56. The van der Waals surface area contributed by atoms with Crippen LogP contribution in [0.25, 0.3) is 11.0 Å². The molecule has 7 nitrogen and oxygen atoms in total. The third-order valence-corrected chi connectivity index (χ3v) is 2.87. The summed E-state index contributed by atoms with van der Waals surface area (Å²) in [4.78, 5) is 19.0. The SMILES string of the molecule is CC(C)Oc1nc2cc(Cl)c([N+](=O)[O-])cc2nc1OC(C)C. The van der Waals surface area contributed by atoms with Crippen LogP contribution in [0.3, 0.4) is 0 Å².